The van der Waals surface area contributed by atoms with E-state index in [1.54, 1.807) is 24.3 Å². The fraction of sp³-hybridized carbons (Fsp3) is 0.515. The molecular formula is C33H44O14. The van der Waals surface area contributed by atoms with Gasteiger partial charge in [-0.25, -0.2) is 29.0 Å². The Kier molecular flexibility index (Phi) is 20.3. The molecular weight excluding hydrogens is 620 g/mol. The van der Waals surface area contributed by atoms with Gasteiger partial charge in [0.25, 0.3) is 0 Å². The molecule has 14 nitrogen and oxygen atoms in total. The molecule has 0 aromatic heterocycles. The van der Waals surface area contributed by atoms with E-state index in [4.69, 9.17) is 18.9 Å². The minimum atomic E-state index is -1.21. The average molecular weight is 665 g/mol. The second-order valence-electron chi connectivity index (χ2n) is 10.2. The zero-order valence-corrected chi connectivity index (χ0v) is 26.9. The van der Waals surface area contributed by atoms with Gasteiger partial charge in [-0.05, 0) is 80.6 Å². The van der Waals surface area contributed by atoms with Gasteiger partial charge in [-0.15, -0.1) is 0 Å². The quantitative estimate of drug-likeness (QED) is 0.0463. The first-order valence-electron chi connectivity index (χ1n) is 15.8. The number of rotatable bonds is 24. The van der Waals surface area contributed by atoms with Crippen molar-refractivity contribution in [2.45, 2.75) is 84.5 Å². The first-order chi connectivity index (χ1) is 22.9. The molecule has 2 aromatic carbocycles. The Morgan fingerprint density at radius 1 is 0.447 bits per heavy atom. The highest BCUT2D eigenvalue weighted by Crippen LogP contribution is 2.15. The van der Waals surface area contributed by atoms with Crippen LogP contribution < -0.4 is 9.47 Å². The smallest absolute Gasteiger partial charge is 0.494 e. The molecule has 0 spiro atoms. The molecule has 2 rings (SSSR count). The minimum Gasteiger partial charge on any atom is -0.494 e. The summed E-state index contributed by atoms with van der Waals surface area (Å²) in [4.78, 5) is 64.4. The van der Waals surface area contributed by atoms with Gasteiger partial charge in [0.15, 0.2) is 0 Å². The van der Waals surface area contributed by atoms with Crippen LogP contribution in [0.4, 0.5) is 9.59 Å². The van der Waals surface area contributed by atoms with Gasteiger partial charge in [-0.2, -0.15) is 0 Å². The molecule has 0 bridgehead atoms. The molecule has 0 fully saturated rings. The molecule has 0 saturated carbocycles. The van der Waals surface area contributed by atoms with Crippen LogP contribution in [-0.4, -0.2) is 50.7 Å². The van der Waals surface area contributed by atoms with Crippen molar-refractivity contribution in [1.29, 1.82) is 0 Å². The highest BCUT2D eigenvalue weighted by molar-refractivity contribution is 5.89. The van der Waals surface area contributed by atoms with Crippen LogP contribution in [0.3, 0.4) is 0 Å². The maximum absolute atomic E-state index is 12.0. The Morgan fingerprint density at radius 2 is 0.809 bits per heavy atom. The Morgan fingerprint density at radius 3 is 1.19 bits per heavy atom. The van der Waals surface area contributed by atoms with Crippen molar-refractivity contribution in [2.75, 3.05) is 26.4 Å². The molecule has 0 saturated heterocycles. The van der Waals surface area contributed by atoms with E-state index < -0.39 is 24.2 Å². The van der Waals surface area contributed by atoms with Crippen LogP contribution in [0.2, 0.25) is 0 Å². The summed E-state index contributed by atoms with van der Waals surface area (Å²) in [6.45, 7) is 5.38. The van der Waals surface area contributed by atoms with Crippen LogP contribution >= 0.6 is 0 Å². The molecule has 47 heavy (non-hydrogen) atoms. The lowest BCUT2D eigenvalue weighted by molar-refractivity contribution is -0.452. The molecule has 0 heterocycles. The van der Waals surface area contributed by atoms with Crippen molar-refractivity contribution < 1.29 is 67.8 Å². The molecule has 0 aliphatic carbocycles. The van der Waals surface area contributed by atoms with Crippen molar-refractivity contribution >= 4 is 24.2 Å². The van der Waals surface area contributed by atoms with E-state index >= 15 is 0 Å². The molecule has 0 aliphatic heterocycles. The van der Waals surface area contributed by atoms with Crippen molar-refractivity contribution in [3.63, 3.8) is 0 Å². The second-order valence-corrected chi connectivity index (χ2v) is 10.2. The fourth-order valence-electron chi connectivity index (χ4n) is 3.80. The maximum atomic E-state index is 12.0. The maximum Gasteiger partial charge on any atom is 0.543 e. The molecule has 14 heteroatoms. The highest BCUT2D eigenvalue weighted by atomic mass is 17.5. The Bertz CT molecular complexity index is 1080. The average Bonchev–Trinajstić information content (AvgIpc) is 3.08. The molecule has 0 amide bonds. The first-order valence-corrected chi connectivity index (χ1v) is 15.8. The van der Waals surface area contributed by atoms with E-state index in [2.05, 4.69) is 43.5 Å². The van der Waals surface area contributed by atoms with Crippen molar-refractivity contribution in [2.24, 2.45) is 0 Å². The number of carbonyl (C=O) groups is 4. The number of carbonyl (C=O) groups excluding carboxylic acids is 4. The monoisotopic (exact) mass is 664 g/mol. The fourth-order valence-corrected chi connectivity index (χ4v) is 3.80. The van der Waals surface area contributed by atoms with Gasteiger partial charge in [0.05, 0.1) is 47.6 Å². The summed E-state index contributed by atoms with van der Waals surface area (Å²) in [5.74, 6) is -0.513. The Balaban J connectivity index is 1.44. The highest BCUT2D eigenvalue weighted by Gasteiger charge is 2.14. The van der Waals surface area contributed by atoms with Crippen molar-refractivity contribution in [3.05, 3.63) is 59.7 Å². The predicted molar refractivity (Wildman–Crippen MR) is 164 cm³/mol. The predicted octanol–water partition coefficient (Wildman–Crippen LogP) is 7.79. The lowest BCUT2D eigenvalue weighted by Crippen LogP contribution is -2.13. The van der Waals surface area contributed by atoms with Crippen LogP contribution in [0.15, 0.2) is 48.5 Å². The Hall–Kier alpha value is -4.56. The normalized spacial score (nSPS) is 10.4. The summed E-state index contributed by atoms with van der Waals surface area (Å²) in [6.07, 6.45) is 7.59. The van der Waals surface area contributed by atoms with Crippen molar-refractivity contribution in [3.8, 4) is 11.5 Å². The molecule has 0 aliphatic rings. The lowest BCUT2D eigenvalue weighted by atomic mass is 10.2. The second kappa shape index (κ2) is 24.6. The third-order valence-electron chi connectivity index (χ3n) is 6.37. The van der Waals surface area contributed by atoms with Crippen LogP contribution in [0.25, 0.3) is 0 Å². The van der Waals surface area contributed by atoms with Crippen molar-refractivity contribution in [1.82, 2.24) is 0 Å². The van der Waals surface area contributed by atoms with E-state index in [0.717, 1.165) is 51.4 Å². The van der Waals surface area contributed by atoms with Gasteiger partial charge in [0, 0.05) is 0 Å². The standard InChI is InChI=1S/C33H44O14/c1-3-5-7-10-22-38-28-18-14-26(15-19-28)30(34)42-46-44-32(36)40-24-12-9-13-25-41-33(37)45-47-43-31(35)27-16-20-29(21-17-27)39-23-11-8-6-4-2/h14-21H,3-13,22-25H2,1-2H3. The molecule has 0 unspecified atom stereocenters. The van der Waals surface area contributed by atoms with E-state index in [9.17, 15) is 19.2 Å². The van der Waals surface area contributed by atoms with Crippen LogP contribution in [0.5, 0.6) is 11.5 Å². The first kappa shape index (κ1) is 38.6. The third kappa shape index (κ3) is 18.2. The molecule has 2 aromatic rings. The third-order valence-corrected chi connectivity index (χ3v) is 6.37. The Labute approximate surface area is 274 Å². The molecule has 260 valence electrons. The number of ether oxygens (including phenoxy) is 4. The van der Waals surface area contributed by atoms with Gasteiger partial charge in [0.2, 0.25) is 0 Å². The van der Waals surface area contributed by atoms with Gasteiger partial charge >= 0.3 is 24.2 Å². The van der Waals surface area contributed by atoms with Gasteiger partial charge in [-0.1, -0.05) is 52.4 Å². The van der Waals surface area contributed by atoms with E-state index in [1.807, 2.05) is 0 Å². The summed E-state index contributed by atoms with van der Waals surface area (Å²) in [5.41, 5.74) is 0.332. The summed E-state index contributed by atoms with van der Waals surface area (Å²) in [7, 11) is 0. The zero-order valence-electron chi connectivity index (χ0n) is 26.9. The van der Waals surface area contributed by atoms with E-state index in [0.29, 0.717) is 44.0 Å². The zero-order chi connectivity index (χ0) is 34.0. The van der Waals surface area contributed by atoms with Crippen LogP contribution in [0.1, 0.15) is 105 Å². The number of hydrogen-bond donors (Lipinski definition) is 0. The summed E-state index contributed by atoms with van der Waals surface area (Å²) in [5, 5.41) is 8.38. The van der Waals surface area contributed by atoms with Crippen LogP contribution in [-0.2, 0) is 39.1 Å². The topological polar surface area (TPSA) is 161 Å². The number of benzene rings is 2. The lowest BCUT2D eigenvalue weighted by Gasteiger charge is -2.07. The molecule has 0 radical (unpaired) electrons. The van der Waals surface area contributed by atoms with Gasteiger partial charge in [-0.3, -0.25) is 9.78 Å². The molecule has 0 N–H and O–H groups in total. The minimum absolute atomic E-state index is 0.0361. The van der Waals surface area contributed by atoms with Crippen LogP contribution in [0, 0.1) is 0 Å². The number of unbranched alkanes of at least 4 members (excludes halogenated alkanes) is 8. The summed E-state index contributed by atoms with van der Waals surface area (Å²) < 4.78 is 20.8. The van der Waals surface area contributed by atoms with Gasteiger partial charge < -0.3 is 18.9 Å². The van der Waals surface area contributed by atoms with Gasteiger partial charge in [0.1, 0.15) is 11.5 Å². The summed E-state index contributed by atoms with van der Waals surface area (Å²) in [6, 6.07) is 12.5. The SMILES string of the molecule is CCCCCCOc1ccc(C(=O)OOOC(=O)OCCCCCOC(=O)OOOC(=O)c2ccc(OCCCCCC)cc2)cc1. The summed E-state index contributed by atoms with van der Waals surface area (Å²) >= 11 is 0. The van der Waals surface area contributed by atoms with E-state index in [1.165, 1.54) is 24.3 Å². The molecule has 0 atom stereocenters. The van der Waals surface area contributed by atoms with E-state index in [-0.39, 0.29) is 24.3 Å². The largest absolute Gasteiger partial charge is 0.543 e. The number of hydrogen-bond acceptors (Lipinski definition) is 14.